The summed E-state index contributed by atoms with van der Waals surface area (Å²) in [5.41, 5.74) is -5.53. The summed E-state index contributed by atoms with van der Waals surface area (Å²) < 4.78 is 57.5. The quantitative estimate of drug-likeness (QED) is 0.470. The Hall–Kier alpha value is -1.51. The van der Waals surface area contributed by atoms with Crippen LogP contribution in [0.3, 0.4) is 0 Å². The third-order valence-electron chi connectivity index (χ3n) is 3.67. The average Bonchev–Trinajstić information content (AvgIpc) is 2.51. The first-order chi connectivity index (χ1) is 11.7. The maximum absolute atomic E-state index is 10.7. The van der Waals surface area contributed by atoms with Crippen LogP contribution in [0.25, 0.3) is 0 Å². The van der Waals surface area contributed by atoms with E-state index in [4.69, 9.17) is 13.0 Å². The number of benzene rings is 2. The van der Waals surface area contributed by atoms with Gasteiger partial charge in [-0.2, -0.15) is 21.6 Å². The zero-order chi connectivity index (χ0) is 18.5. The second-order valence-corrected chi connectivity index (χ2v) is 9.14. The van der Waals surface area contributed by atoms with Crippen molar-refractivity contribution in [1.82, 2.24) is 0 Å². The molecule has 1 aliphatic rings. The minimum absolute atomic E-state index is 0.291. The van der Waals surface area contributed by atoms with Crippen LogP contribution < -0.4 is 0 Å². The summed E-state index contributed by atoms with van der Waals surface area (Å²) in [7, 11) is -5.55. The van der Waals surface area contributed by atoms with Gasteiger partial charge >= 0.3 is 15.6 Å². The molecule has 2 aromatic rings. The van der Waals surface area contributed by atoms with Crippen molar-refractivity contribution in [2.24, 2.45) is 0 Å². The van der Waals surface area contributed by atoms with Crippen molar-refractivity contribution < 1.29 is 26.1 Å². The standard InChI is InChI=1S/C16H17S.CHF3O3S/c1-3-8-14(9-4-1)17(16-12-7-13-16)15-10-5-2-6-11-15;2-1(3,4)8(5,6)7/h1-6,8-11,16H,7,12-13H2;(H,5,6,7)/q+1;. The minimum Gasteiger partial charge on any atom is -0.279 e. The number of hydrogen-bond donors (Lipinski definition) is 1. The highest BCUT2D eigenvalue weighted by atomic mass is 32.2. The molecule has 25 heavy (non-hydrogen) atoms. The van der Waals surface area contributed by atoms with Gasteiger partial charge in [0, 0.05) is 0 Å². The van der Waals surface area contributed by atoms with Crippen LogP contribution in [0.2, 0.25) is 0 Å². The van der Waals surface area contributed by atoms with Gasteiger partial charge in [0.2, 0.25) is 0 Å². The van der Waals surface area contributed by atoms with Gasteiger partial charge in [0.05, 0.1) is 10.9 Å². The van der Waals surface area contributed by atoms with Crippen LogP contribution in [0.4, 0.5) is 13.2 Å². The van der Waals surface area contributed by atoms with E-state index in [1.165, 1.54) is 29.1 Å². The van der Waals surface area contributed by atoms with E-state index < -0.39 is 15.6 Å². The molecule has 3 nitrogen and oxygen atoms in total. The summed E-state index contributed by atoms with van der Waals surface area (Å²) in [6.45, 7) is 0. The molecule has 0 amide bonds. The molecule has 1 saturated carbocycles. The molecule has 1 fully saturated rings. The molecule has 0 bridgehead atoms. The van der Waals surface area contributed by atoms with E-state index in [0.717, 1.165) is 5.25 Å². The van der Waals surface area contributed by atoms with Gasteiger partial charge in [-0.15, -0.1) is 0 Å². The second kappa shape index (κ2) is 8.25. The lowest BCUT2D eigenvalue weighted by Gasteiger charge is -2.25. The first kappa shape index (κ1) is 19.8. The Morgan fingerprint density at radius 3 is 1.48 bits per heavy atom. The molecule has 136 valence electrons. The Kier molecular flexibility index (Phi) is 6.53. The third kappa shape index (κ3) is 5.49. The van der Waals surface area contributed by atoms with Gasteiger partial charge in [-0.3, -0.25) is 4.55 Å². The molecule has 0 radical (unpaired) electrons. The minimum atomic E-state index is -5.84. The number of halogens is 3. The summed E-state index contributed by atoms with van der Waals surface area (Å²) in [6, 6.07) is 22.0. The maximum atomic E-state index is 10.7. The molecule has 0 unspecified atom stereocenters. The fourth-order valence-electron chi connectivity index (χ4n) is 2.26. The molecule has 0 heterocycles. The number of rotatable bonds is 3. The largest absolute Gasteiger partial charge is 0.522 e. The van der Waals surface area contributed by atoms with Crippen molar-refractivity contribution in [1.29, 1.82) is 0 Å². The van der Waals surface area contributed by atoms with E-state index in [-0.39, 0.29) is 0 Å². The summed E-state index contributed by atoms with van der Waals surface area (Å²) in [5, 5.41) is 0.875. The fourth-order valence-corrected chi connectivity index (χ4v) is 5.01. The Morgan fingerprint density at radius 1 is 0.880 bits per heavy atom. The van der Waals surface area contributed by atoms with E-state index in [9.17, 15) is 13.2 Å². The van der Waals surface area contributed by atoms with Crippen LogP contribution in [0, 0.1) is 0 Å². The highest BCUT2D eigenvalue weighted by molar-refractivity contribution is 7.97. The summed E-state index contributed by atoms with van der Waals surface area (Å²) in [6.07, 6.45) is 4.20. The molecule has 2 aromatic carbocycles. The van der Waals surface area contributed by atoms with E-state index in [2.05, 4.69) is 60.7 Å². The Labute approximate surface area is 148 Å². The highest BCUT2D eigenvalue weighted by Crippen LogP contribution is 2.37. The Morgan fingerprint density at radius 2 is 1.24 bits per heavy atom. The zero-order valence-electron chi connectivity index (χ0n) is 13.2. The smallest absolute Gasteiger partial charge is 0.279 e. The van der Waals surface area contributed by atoms with Crippen molar-refractivity contribution in [3.05, 3.63) is 60.7 Å². The van der Waals surface area contributed by atoms with E-state index in [1.54, 1.807) is 0 Å². The van der Waals surface area contributed by atoms with Gasteiger partial charge in [-0.25, -0.2) is 0 Å². The normalized spacial score (nSPS) is 15.2. The van der Waals surface area contributed by atoms with Crippen molar-refractivity contribution in [2.45, 2.75) is 39.8 Å². The van der Waals surface area contributed by atoms with E-state index >= 15 is 0 Å². The summed E-state index contributed by atoms with van der Waals surface area (Å²) in [5.74, 6) is 0. The van der Waals surface area contributed by atoms with Crippen LogP contribution in [0.5, 0.6) is 0 Å². The average molecular weight is 391 g/mol. The number of hydrogen-bond acceptors (Lipinski definition) is 2. The molecule has 8 heteroatoms. The molecule has 1 aliphatic carbocycles. The monoisotopic (exact) mass is 391 g/mol. The van der Waals surface area contributed by atoms with Crippen LogP contribution in [-0.2, 0) is 21.0 Å². The van der Waals surface area contributed by atoms with Gasteiger partial charge in [0.15, 0.2) is 9.79 Å². The van der Waals surface area contributed by atoms with Gasteiger partial charge in [-0.05, 0) is 43.5 Å². The lowest BCUT2D eigenvalue weighted by molar-refractivity contribution is -0.0510. The first-order valence-corrected chi connectivity index (χ1v) is 10.3. The van der Waals surface area contributed by atoms with Crippen LogP contribution >= 0.6 is 0 Å². The summed E-state index contributed by atoms with van der Waals surface area (Å²) >= 11 is 0. The molecule has 1 N–H and O–H groups in total. The van der Waals surface area contributed by atoms with E-state index in [1.807, 2.05) is 0 Å². The number of alkyl halides is 3. The van der Waals surface area contributed by atoms with Crippen molar-refractivity contribution in [2.75, 3.05) is 0 Å². The maximum Gasteiger partial charge on any atom is 0.522 e. The highest BCUT2D eigenvalue weighted by Gasteiger charge is 2.44. The lowest BCUT2D eigenvalue weighted by Crippen LogP contribution is -2.28. The molecule has 3 rings (SSSR count). The predicted octanol–water partition coefficient (Wildman–Crippen LogP) is 4.67. The third-order valence-corrected chi connectivity index (χ3v) is 6.96. The summed E-state index contributed by atoms with van der Waals surface area (Å²) in [4.78, 5) is 3.01. The molecule has 0 spiro atoms. The van der Waals surface area contributed by atoms with Gasteiger partial charge in [0.25, 0.3) is 0 Å². The van der Waals surface area contributed by atoms with Crippen molar-refractivity contribution in [3.8, 4) is 0 Å². The molecular weight excluding hydrogens is 373 g/mol. The SMILES string of the molecule is O=S(=O)(O)C(F)(F)F.c1ccc([S+](c2ccccc2)C2CCC2)cc1. The van der Waals surface area contributed by atoms with Crippen molar-refractivity contribution >= 4 is 21.0 Å². The van der Waals surface area contributed by atoms with Gasteiger partial charge in [-0.1, -0.05) is 36.4 Å². The van der Waals surface area contributed by atoms with E-state index in [0.29, 0.717) is 10.9 Å². The lowest BCUT2D eigenvalue weighted by atomic mass is 10.00. The molecule has 0 atom stereocenters. The van der Waals surface area contributed by atoms with Crippen LogP contribution in [0.1, 0.15) is 19.3 Å². The Bertz CT molecular complexity index is 719. The zero-order valence-corrected chi connectivity index (χ0v) is 14.8. The van der Waals surface area contributed by atoms with Crippen LogP contribution in [0.15, 0.2) is 70.5 Å². The fraction of sp³-hybridized carbons (Fsp3) is 0.294. The first-order valence-electron chi connectivity index (χ1n) is 7.57. The Balaban J connectivity index is 0.000000242. The molecule has 0 saturated heterocycles. The van der Waals surface area contributed by atoms with Gasteiger partial charge < -0.3 is 0 Å². The second-order valence-electron chi connectivity index (χ2n) is 5.44. The van der Waals surface area contributed by atoms with Gasteiger partial charge in [0.1, 0.15) is 5.25 Å². The molecular formula is C17H18F3O3S2+. The predicted molar refractivity (Wildman–Crippen MR) is 92.0 cm³/mol. The van der Waals surface area contributed by atoms with Crippen LogP contribution in [-0.4, -0.2) is 23.7 Å². The molecule has 0 aliphatic heterocycles. The van der Waals surface area contributed by atoms with Crippen molar-refractivity contribution in [3.63, 3.8) is 0 Å². The molecule has 0 aromatic heterocycles. The topological polar surface area (TPSA) is 54.4 Å².